The molecule has 0 aromatic heterocycles. The number of likely N-dealkylation sites (N-methyl/N-ethyl adjacent to an activating group) is 1. The second-order valence-electron chi connectivity index (χ2n) is 7.11. The number of hydrogen-bond donors (Lipinski definition) is 2. The van der Waals surface area contributed by atoms with Crippen LogP contribution in [0, 0.1) is 11.3 Å². The molecule has 1 saturated carbocycles. The van der Waals surface area contributed by atoms with Gasteiger partial charge in [-0.1, -0.05) is 12.1 Å². The van der Waals surface area contributed by atoms with E-state index in [0.29, 0.717) is 5.41 Å². The molecule has 1 aromatic carbocycles. The third-order valence-electron chi connectivity index (χ3n) is 5.17. The van der Waals surface area contributed by atoms with Gasteiger partial charge in [0.05, 0.1) is 0 Å². The molecule has 1 amide bonds. The Labute approximate surface area is 133 Å². The van der Waals surface area contributed by atoms with Gasteiger partial charge >= 0.3 is 0 Å². The summed E-state index contributed by atoms with van der Waals surface area (Å²) in [6.07, 6.45) is 4.41. The van der Waals surface area contributed by atoms with Gasteiger partial charge in [-0.15, -0.1) is 0 Å². The van der Waals surface area contributed by atoms with Crippen molar-refractivity contribution in [3.63, 3.8) is 0 Å². The van der Waals surface area contributed by atoms with Crippen molar-refractivity contribution in [3.05, 3.63) is 29.8 Å². The third-order valence-corrected chi connectivity index (χ3v) is 5.17. The summed E-state index contributed by atoms with van der Waals surface area (Å²) >= 11 is 0. The van der Waals surface area contributed by atoms with Gasteiger partial charge in [0.1, 0.15) is 0 Å². The van der Waals surface area contributed by atoms with Crippen LogP contribution in [0.15, 0.2) is 24.3 Å². The zero-order valence-corrected chi connectivity index (χ0v) is 13.7. The van der Waals surface area contributed by atoms with E-state index in [0.717, 1.165) is 51.0 Å². The number of anilines is 1. The topological polar surface area (TPSA) is 44.4 Å². The minimum atomic E-state index is 0.211. The predicted molar refractivity (Wildman–Crippen MR) is 90.0 cm³/mol. The average molecular weight is 301 g/mol. The molecular formula is C18H27N3O. The van der Waals surface area contributed by atoms with Crippen LogP contribution in [0.5, 0.6) is 0 Å². The number of amides is 1. The van der Waals surface area contributed by atoms with Crippen LogP contribution in [-0.4, -0.2) is 44.5 Å². The minimum absolute atomic E-state index is 0.211. The Morgan fingerprint density at radius 3 is 2.59 bits per heavy atom. The molecule has 22 heavy (non-hydrogen) atoms. The Bertz CT molecular complexity index is 518. The van der Waals surface area contributed by atoms with Crippen LogP contribution in [-0.2, 0) is 11.2 Å². The molecule has 4 nitrogen and oxygen atoms in total. The summed E-state index contributed by atoms with van der Waals surface area (Å²) in [5.41, 5.74) is 2.54. The Balaban J connectivity index is 1.52. The lowest BCUT2D eigenvalue weighted by atomic mass is 9.92. The van der Waals surface area contributed by atoms with Crippen molar-refractivity contribution in [1.82, 2.24) is 10.2 Å². The van der Waals surface area contributed by atoms with Crippen molar-refractivity contribution < 1.29 is 4.79 Å². The van der Waals surface area contributed by atoms with E-state index in [4.69, 9.17) is 0 Å². The normalized spacial score (nSPS) is 22.8. The third kappa shape index (κ3) is 3.50. The van der Waals surface area contributed by atoms with Gasteiger partial charge in [-0.3, -0.25) is 4.79 Å². The molecule has 2 aliphatic rings. The van der Waals surface area contributed by atoms with Crippen molar-refractivity contribution in [2.75, 3.05) is 39.0 Å². The van der Waals surface area contributed by atoms with E-state index in [1.807, 2.05) is 12.1 Å². The van der Waals surface area contributed by atoms with Gasteiger partial charge < -0.3 is 15.5 Å². The lowest BCUT2D eigenvalue weighted by Crippen LogP contribution is -2.31. The molecule has 0 bridgehead atoms. The van der Waals surface area contributed by atoms with Crippen molar-refractivity contribution in [2.24, 2.45) is 11.3 Å². The molecule has 0 radical (unpaired) electrons. The second kappa shape index (κ2) is 6.39. The molecular weight excluding hydrogens is 274 g/mol. The number of rotatable bonds is 5. The van der Waals surface area contributed by atoms with E-state index < -0.39 is 0 Å². The minimum Gasteiger partial charge on any atom is -0.326 e. The molecule has 1 aliphatic heterocycles. The van der Waals surface area contributed by atoms with E-state index in [1.54, 1.807) is 0 Å². The Hall–Kier alpha value is -1.39. The van der Waals surface area contributed by atoms with Crippen LogP contribution in [0.1, 0.15) is 24.8 Å². The van der Waals surface area contributed by atoms with Crippen molar-refractivity contribution in [1.29, 1.82) is 0 Å². The van der Waals surface area contributed by atoms with E-state index in [1.165, 1.54) is 5.56 Å². The number of nitrogens with zero attached hydrogens (tertiary/aromatic N) is 1. The highest BCUT2D eigenvalue weighted by molar-refractivity contribution is 5.95. The van der Waals surface area contributed by atoms with Crippen molar-refractivity contribution in [2.45, 2.75) is 25.7 Å². The van der Waals surface area contributed by atoms with Crippen LogP contribution < -0.4 is 10.6 Å². The molecule has 4 heteroatoms. The van der Waals surface area contributed by atoms with E-state index in [2.05, 4.69) is 41.8 Å². The van der Waals surface area contributed by atoms with Gasteiger partial charge in [-0.25, -0.2) is 0 Å². The van der Waals surface area contributed by atoms with Crippen molar-refractivity contribution >= 4 is 11.6 Å². The fraction of sp³-hybridized carbons (Fsp3) is 0.611. The summed E-state index contributed by atoms with van der Waals surface area (Å²) in [5, 5.41) is 6.48. The highest BCUT2D eigenvalue weighted by Crippen LogP contribution is 2.58. The maximum absolute atomic E-state index is 12.4. The summed E-state index contributed by atoms with van der Waals surface area (Å²) in [7, 11) is 4.17. The molecule has 1 heterocycles. The maximum Gasteiger partial charge on any atom is 0.228 e. The van der Waals surface area contributed by atoms with Gasteiger partial charge in [0.15, 0.2) is 0 Å². The largest absolute Gasteiger partial charge is 0.326 e. The Morgan fingerprint density at radius 2 is 1.95 bits per heavy atom. The number of piperidine rings is 1. The number of carbonyl (C=O) groups excluding carboxylic acids is 1. The summed E-state index contributed by atoms with van der Waals surface area (Å²) < 4.78 is 0. The zero-order valence-electron chi connectivity index (χ0n) is 13.7. The quantitative estimate of drug-likeness (QED) is 0.875. The average Bonchev–Trinajstić information content (AvgIpc) is 3.20. The number of hydrogen-bond acceptors (Lipinski definition) is 3. The molecule has 3 rings (SSSR count). The molecule has 2 fully saturated rings. The summed E-state index contributed by atoms with van der Waals surface area (Å²) in [6, 6.07) is 8.29. The van der Waals surface area contributed by atoms with E-state index in [-0.39, 0.29) is 11.8 Å². The Morgan fingerprint density at radius 1 is 1.27 bits per heavy atom. The molecule has 1 atom stereocenters. The van der Waals surface area contributed by atoms with Crippen LogP contribution >= 0.6 is 0 Å². The van der Waals surface area contributed by atoms with Gasteiger partial charge in [0.25, 0.3) is 0 Å². The highest BCUT2D eigenvalue weighted by Gasteiger charge is 2.57. The maximum atomic E-state index is 12.4. The predicted octanol–water partition coefficient (Wildman–Crippen LogP) is 2.12. The fourth-order valence-corrected chi connectivity index (χ4v) is 3.53. The molecule has 120 valence electrons. The summed E-state index contributed by atoms with van der Waals surface area (Å²) in [6.45, 7) is 3.17. The van der Waals surface area contributed by atoms with Crippen molar-refractivity contribution in [3.8, 4) is 0 Å². The highest BCUT2D eigenvalue weighted by atomic mass is 16.2. The van der Waals surface area contributed by atoms with Crippen LogP contribution in [0.2, 0.25) is 0 Å². The van der Waals surface area contributed by atoms with Crippen LogP contribution in [0.25, 0.3) is 0 Å². The van der Waals surface area contributed by atoms with Gasteiger partial charge in [0, 0.05) is 18.2 Å². The molecule has 1 aliphatic carbocycles. The Kier molecular flexibility index (Phi) is 4.50. The smallest absolute Gasteiger partial charge is 0.228 e. The van der Waals surface area contributed by atoms with Crippen LogP contribution in [0.3, 0.4) is 0 Å². The fourth-order valence-electron chi connectivity index (χ4n) is 3.53. The first-order valence-corrected chi connectivity index (χ1v) is 8.34. The monoisotopic (exact) mass is 301 g/mol. The van der Waals surface area contributed by atoms with Crippen LogP contribution in [0.4, 0.5) is 5.69 Å². The van der Waals surface area contributed by atoms with Gasteiger partial charge in [0.2, 0.25) is 5.91 Å². The molecule has 2 N–H and O–H groups in total. The first-order valence-electron chi connectivity index (χ1n) is 8.34. The van der Waals surface area contributed by atoms with E-state index in [9.17, 15) is 4.79 Å². The van der Waals surface area contributed by atoms with E-state index >= 15 is 0 Å². The SMILES string of the molecule is CN(C)CCc1ccc(NC(=O)C2CC23CCNCC3)cc1. The summed E-state index contributed by atoms with van der Waals surface area (Å²) in [4.78, 5) is 14.6. The second-order valence-corrected chi connectivity index (χ2v) is 7.11. The molecule has 1 aromatic rings. The number of benzene rings is 1. The zero-order chi connectivity index (χ0) is 15.6. The van der Waals surface area contributed by atoms with Gasteiger partial charge in [-0.05, 0) is 76.0 Å². The van der Waals surface area contributed by atoms with Gasteiger partial charge in [-0.2, -0.15) is 0 Å². The lowest BCUT2D eigenvalue weighted by Gasteiger charge is -2.23. The summed E-state index contributed by atoms with van der Waals surface area (Å²) in [5.74, 6) is 0.436. The number of carbonyl (C=O) groups is 1. The molecule has 1 unspecified atom stereocenters. The first-order chi connectivity index (χ1) is 10.6. The first kappa shape index (κ1) is 15.5. The molecule has 1 saturated heterocycles. The number of nitrogens with one attached hydrogen (secondary N) is 2. The molecule has 1 spiro atoms. The standard InChI is InChI=1S/C18H27N3O/c1-21(2)12-7-14-3-5-15(6-4-14)20-17(22)16-13-18(16)8-10-19-11-9-18/h3-6,16,19H,7-13H2,1-2H3,(H,20,22). The lowest BCUT2D eigenvalue weighted by molar-refractivity contribution is -0.118.